The van der Waals surface area contributed by atoms with E-state index >= 15 is 0 Å². The minimum atomic E-state index is -1.22. The molecule has 0 spiro atoms. The third kappa shape index (κ3) is 4.79. The summed E-state index contributed by atoms with van der Waals surface area (Å²) in [6.07, 6.45) is 4.40. The lowest BCUT2D eigenvalue weighted by Gasteiger charge is -2.27. The van der Waals surface area contributed by atoms with Gasteiger partial charge >= 0.3 is 5.97 Å². The summed E-state index contributed by atoms with van der Waals surface area (Å²) in [5.74, 6) is -2.44. The van der Waals surface area contributed by atoms with E-state index in [2.05, 4.69) is 15.6 Å². The molecule has 10 heteroatoms. The molecule has 2 bridgehead atoms. The zero-order valence-electron chi connectivity index (χ0n) is 17.4. The van der Waals surface area contributed by atoms with Gasteiger partial charge in [-0.05, 0) is 18.4 Å². The van der Waals surface area contributed by atoms with Crippen LogP contribution in [0.3, 0.4) is 0 Å². The zero-order chi connectivity index (χ0) is 22.7. The van der Waals surface area contributed by atoms with Crippen molar-refractivity contribution in [3.05, 3.63) is 54.1 Å². The van der Waals surface area contributed by atoms with E-state index in [1.807, 2.05) is 30.3 Å². The van der Waals surface area contributed by atoms with Crippen LogP contribution in [-0.2, 0) is 38.6 Å². The average molecular weight is 439 g/mol. The van der Waals surface area contributed by atoms with Crippen LogP contribution in [0.2, 0.25) is 0 Å². The summed E-state index contributed by atoms with van der Waals surface area (Å²) >= 11 is 0. The van der Waals surface area contributed by atoms with E-state index in [0.717, 1.165) is 5.56 Å². The molecule has 2 aliphatic rings. The van der Waals surface area contributed by atoms with Crippen molar-refractivity contribution >= 4 is 23.7 Å². The number of carbonyl (C=O) groups excluding carboxylic acids is 3. The summed E-state index contributed by atoms with van der Waals surface area (Å²) in [7, 11) is 0. The molecule has 4 rings (SSSR count). The fourth-order valence-electron chi connectivity index (χ4n) is 4.19. The van der Waals surface area contributed by atoms with Gasteiger partial charge in [0.25, 0.3) is 0 Å². The summed E-state index contributed by atoms with van der Waals surface area (Å²) in [5.41, 5.74) is 1.27. The van der Waals surface area contributed by atoms with E-state index < -0.39 is 35.9 Å². The predicted molar refractivity (Wildman–Crippen MR) is 112 cm³/mol. The second-order valence-electron chi connectivity index (χ2n) is 8.14. The van der Waals surface area contributed by atoms with Crippen molar-refractivity contribution in [3.8, 4) is 0 Å². The highest BCUT2D eigenvalue weighted by molar-refractivity contribution is 5.94. The monoisotopic (exact) mass is 439 g/mol. The van der Waals surface area contributed by atoms with Crippen molar-refractivity contribution < 1.29 is 24.3 Å². The molecule has 1 saturated heterocycles. The Bertz CT molecular complexity index is 1020. The topological polar surface area (TPSA) is 134 Å². The molecule has 2 aromatic rings. The summed E-state index contributed by atoms with van der Waals surface area (Å²) in [6, 6.07) is 6.28. The second-order valence-corrected chi connectivity index (χ2v) is 8.14. The molecular weight excluding hydrogens is 414 g/mol. The number of hydrogen-bond donors (Lipinski definition) is 3. The summed E-state index contributed by atoms with van der Waals surface area (Å²) in [5, 5.41) is 14.9. The van der Waals surface area contributed by atoms with E-state index in [9.17, 15) is 24.3 Å². The van der Waals surface area contributed by atoms with Crippen LogP contribution in [0, 0.1) is 0 Å². The van der Waals surface area contributed by atoms with Gasteiger partial charge in [-0.1, -0.05) is 30.3 Å². The largest absolute Gasteiger partial charge is 0.480 e. The molecule has 32 heavy (non-hydrogen) atoms. The van der Waals surface area contributed by atoms with E-state index in [-0.39, 0.29) is 25.3 Å². The van der Waals surface area contributed by atoms with Crippen LogP contribution in [0.15, 0.2) is 42.9 Å². The Morgan fingerprint density at radius 3 is 2.66 bits per heavy atom. The third-order valence-electron chi connectivity index (χ3n) is 5.82. The Morgan fingerprint density at radius 1 is 1.12 bits per heavy atom. The smallest absolute Gasteiger partial charge is 0.326 e. The Morgan fingerprint density at radius 2 is 1.91 bits per heavy atom. The molecule has 0 radical (unpaired) electrons. The molecule has 0 saturated carbocycles. The average Bonchev–Trinajstić information content (AvgIpc) is 3.42. The third-order valence-corrected chi connectivity index (χ3v) is 5.82. The molecule has 3 amide bonds. The van der Waals surface area contributed by atoms with Crippen molar-refractivity contribution in [3.63, 3.8) is 0 Å². The van der Waals surface area contributed by atoms with Crippen molar-refractivity contribution in [1.29, 1.82) is 0 Å². The van der Waals surface area contributed by atoms with Gasteiger partial charge in [0.2, 0.25) is 17.7 Å². The van der Waals surface area contributed by atoms with Crippen LogP contribution < -0.4 is 10.6 Å². The van der Waals surface area contributed by atoms with Crippen LogP contribution in [0.5, 0.6) is 0 Å². The first-order chi connectivity index (χ1) is 15.4. The maximum atomic E-state index is 13.1. The minimum Gasteiger partial charge on any atom is -0.480 e. The van der Waals surface area contributed by atoms with Gasteiger partial charge in [0.05, 0.1) is 12.0 Å². The van der Waals surface area contributed by atoms with E-state index in [0.29, 0.717) is 25.1 Å². The molecule has 3 atom stereocenters. The summed E-state index contributed by atoms with van der Waals surface area (Å²) < 4.78 is 1.57. The molecular formula is C22H25N5O5. The number of amides is 3. The molecule has 2 aliphatic heterocycles. The van der Waals surface area contributed by atoms with E-state index in [1.54, 1.807) is 10.8 Å². The first-order valence-electron chi connectivity index (χ1n) is 10.6. The van der Waals surface area contributed by atoms with Crippen molar-refractivity contribution in [1.82, 2.24) is 25.1 Å². The molecule has 1 aromatic carbocycles. The quantitative estimate of drug-likeness (QED) is 0.603. The van der Waals surface area contributed by atoms with E-state index in [4.69, 9.17) is 0 Å². The molecule has 168 valence electrons. The van der Waals surface area contributed by atoms with Gasteiger partial charge in [-0.25, -0.2) is 9.78 Å². The lowest BCUT2D eigenvalue weighted by atomic mass is 10.0. The second kappa shape index (κ2) is 9.21. The van der Waals surface area contributed by atoms with Crippen LogP contribution in [0.1, 0.15) is 24.1 Å². The molecule has 3 N–H and O–H groups in total. The number of fused-ring (bicyclic) bond motifs is 3. The Hall–Kier alpha value is -3.69. The van der Waals surface area contributed by atoms with Gasteiger partial charge in [-0.2, -0.15) is 0 Å². The molecule has 0 aliphatic carbocycles. The van der Waals surface area contributed by atoms with Crippen LogP contribution in [0.4, 0.5) is 0 Å². The normalized spacial score (nSPS) is 24.3. The van der Waals surface area contributed by atoms with Gasteiger partial charge in [-0.15, -0.1) is 0 Å². The predicted octanol–water partition coefficient (Wildman–Crippen LogP) is -0.273. The number of nitrogens with one attached hydrogen (secondary N) is 2. The van der Waals surface area contributed by atoms with Gasteiger partial charge in [0, 0.05) is 25.6 Å². The Balaban J connectivity index is 1.66. The number of carboxylic acids is 1. The summed E-state index contributed by atoms with van der Waals surface area (Å²) in [6.45, 7) is 0.476. The maximum Gasteiger partial charge on any atom is 0.326 e. The number of carboxylic acid groups (broad SMARTS) is 1. The number of nitrogens with zero attached hydrogens (tertiary/aromatic N) is 3. The van der Waals surface area contributed by atoms with Gasteiger partial charge in [0.1, 0.15) is 24.7 Å². The zero-order valence-corrected chi connectivity index (χ0v) is 17.4. The summed E-state index contributed by atoms with van der Waals surface area (Å²) in [4.78, 5) is 56.5. The van der Waals surface area contributed by atoms with Crippen LogP contribution in [0.25, 0.3) is 0 Å². The number of imidazole rings is 1. The maximum absolute atomic E-state index is 13.1. The molecule has 10 nitrogen and oxygen atoms in total. The number of aromatic nitrogens is 2. The highest BCUT2D eigenvalue weighted by Crippen LogP contribution is 2.19. The van der Waals surface area contributed by atoms with Gasteiger partial charge in [-0.3, -0.25) is 14.4 Å². The highest BCUT2D eigenvalue weighted by atomic mass is 16.4. The Kier molecular flexibility index (Phi) is 6.20. The van der Waals surface area contributed by atoms with Crippen molar-refractivity contribution in [2.75, 3.05) is 6.54 Å². The SMILES string of the molecule is O=C(O)[C@@H]1Cc2cn(cn2)CC(=O)N2CCC[C@H]2C(=O)N[C@@H](Cc2ccccc2)C(=O)N1. The number of benzene rings is 1. The number of hydrogen-bond acceptors (Lipinski definition) is 5. The minimum absolute atomic E-state index is 0.00826. The first-order valence-corrected chi connectivity index (χ1v) is 10.6. The number of rotatable bonds is 3. The van der Waals surface area contributed by atoms with Crippen LogP contribution in [-0.4, -0.2) is 67.9 Å². The van der Waals surface area contributed by atoms with Gasteiger partial charge in [0.15, 0.2) is 0 Å². The van der Waals surface area contributed by atoms with Crippen molar-refractivity contribution in [2.24, 2.45) is 0 Å². The number of aliphatic carboxylic acids is 1. The molecule has 3 heterocycles. The van der Waals surface area contributed by atoms with Crippen LogP contribution >= 0.6 is 0 Å². The standard InChI is InChI=1S/C22H25N5O5/c28-19-12-26-11-15(23-13-26)10-17(22(31)32)25-20(29)16(9-14-5-2-1-3-6-14)24-21(30)18-7-4-8-27(18)19/h1-3,5-6,11,13,16-18H,4,7-10,12H2,(H,24,30)(H,25,29)(H,31,32)/t16-,17-,18-/m0/s1. The molecule has 1 fully saturated rings. The Labute approximate surface area is 184 Å². The van der Waals surface area contributed by atoms with Gasteiger partial charge < -0.3 is 25.2 Å². The lowest BCUT2D eigenvalue weighted by Crippen LogP contribution is -2.56. The first kappa shape index (κ1) is 21.5. The highest BCUT2D eigenvalue weighted by Gasteiger charge is 2.36. The molecule has 1 aromatic heterocycles. The lowest BCUT2D eigenvalue weighted by molar-refractivity contribution is -0.143. The number of carbonyl (C=O) groups is 4. The molecule has 0 unspecified atom stereocenters. The van der Waals surface area contributed by atoms with E-state index in [1.165, 1.54) is 11.2 Å². The fraction of sp³-hybridized carbons (Fsp3) is 0.409. The van der Waals surface area contributed by atoms with Crippen molar-refractivity contribution in [2.45, 2.75) is 50.4 Å². The fourth-order valence-corrected chi connectivity index (χ4v) is 4.19.